The van der Waals surface area contributed by atoms with Crippen LogP contribution in [-0.2, 0) is 6.42 Å². The predicted molar refractivity (Wildman–Crippen MR) is 90.3 cm³/mol. The summed E-state index contributed by atoms with van der Waals surface area (Å²) in [6.45, 7) is 0. The lowest BCUT2D eigenvalue weighted by Gasteiger charge is -2.10. The zero-order valence-corrected chi connectivity index (χ0v) is 13.2. The van der Waals surface area contributed by atoms with Gasteiger partial charge in [0.25, 0.3) is 0 Å². The van der Waals surface area contributed by atoms with Gasteiger partial charge in [0.1, 0.15) is 17.3 Å². The molecule has 118 valence electrons. The molecule has 0 saturated carbocycles. The fourth-order valence-electron chi connectivity index (χ4n) is 2.53. The van der Waals surface area contributed by atoms with Crippen LogP contribution in [0.3, 0.4) is 0 Å². The van der Waals surface area contributed by atoms with Crippen molar-refractivity contribution in [3.63, 3.8) is 0 Å². The highest BCUT2D eigenvalue weighted by atomic mass is 16.5. The molecule has 0 unspecified atom stereocenters. The molecule has 0 saturated heterocycles. The van der Waals surface area contributed by atoms with Crippen molar-refractivity contribution in [1.29, 1.82) is 0 Å². The SMILES string of the molecule is COc1ccc(OC)c(Cc2cnn(-c3ccccc3)c2N)c1. The van der Waals surface area contributed by atoms with Crippen molar-refractivity contribution in [3.05, 3.63) is 65.9 Å². The van der Waals surface area contributed by atoms with E-state index in [1.54, 1.807) is 25.1 Å². The minimum Gasteiger partial charge on any atom is -0.497 e. The van der Waals surface area contributed by atoms with E-state index < -0.39 is 0 Å². The van der Waals surface area contributed by atoms with Gasteiger partial charge in [-0.2, -0.15) is 5.10 Å². The summed E-state index contributed by atoms with van der Waals surface area (Å²) in [7, 11) is 3.30. The maximum Gasteiger partial charge on any atom is 0.130 e. The van der Waals surface area contributed by atoms with E-state index in [1.165, 1.54) is 0 Å². The van der Waals surface area contributed by atoms with Crippen molar-refractivity contribution in [2.24, 2.45) is 0 Å². The highest BCUT2D eigenvalue weighted by Gasteiger charge is 2.13. The molecule has 0 spiro atoms. The number of aromatic nitrogens is 2. The van der Waals surface area contributed by atoms with Crippen molar-refractivity contribution >= 4 is 5.82 Å². The number of benzene rings is 2. The molecule has 0 bridgehead atoms. The second-order valence-corrected chi connectivity index (χ2v) is 5.16. The van der Waals surface area contributed by atoms with Crippen molar-refractivity contribution in [1.82, 2.24) is 9.78 Å². The van der Waals surface area contributed by atoms with Gasteiger partial charge in [-0.05, 0) is 30.3 Å². The lowest BCUT2D eigenvalue weighted by molar-refractivity contribution is 0.399. The topological polar surface area (TPSA) is 62.3 Å². The number of nitrogens with two attached hydrogens (primary N) is 1. The van der Waals surface area contributed by atoms with Crippen molar-refractivity contribution in [2.45, 2.75) is 6.42 Å². The van der Waals surface area contributed by atoms with Crippen LogP contribution >= 0.6 is 0 Å². The van der Waals surface area contributed by atoms with Gasteiger partial charge in [-0.15, -0.1) is 0 Å². The molecule has 0 amide bonds. The van der Waals surface area contributed by atoms with Gasteiger partial charge in [0.2, 0.25) is 0 Å². The Hall–Kier alpha value is -2.95. The van der Waals surface area contributed by atoms with E-state index in [0.29, 0.717) is 12.2 Å². The number of anilines is 1. The third kappa shape index (κ3) is 2.99. The van der Waals surface area contributed by atoms with Crippen molar-refractivity contribution in [2.75, 3.05) is 20.0 Å². The molecule has 5 nitrogen and oxygen atoms in total. The fraction of sp³-hybridized carbons (Fsp3) is 0.167. The van der Waals surface area contributed by atoms with Crippen LogP contribution in [0.4, 0.5) is 5.82 Å². The molecule has 0 atom stereocenters. The van der Waals surface area contributed by atoms with Gasteiger partial charge in [-0.1, -0.05) is 18.2 Å². The predicted octanol–water partition coefficient (Wildman–Crippen LogP) is 3.06. The molecule has 0 aliphatic heterocycles. The van der Waals surface area contributed by atoms with Gasteiger partial charge in [0.15, 0.2) is 0 Å². The van der Waals surface area contributed by atoms with E-state index in [1.807, 2.05) is 48.5 Å². The average Bonchev–Trinajstić information content (AvgIpc) is 2.96. The lowest BCUT2D eigenvalue weighted by Crippen LogP contribution is -2.03. The second kappa shape index (κ2) is 6.44. The Morgan fingerprint density at radius 2 is 1.78 bits per heavy atom. The molecule has 1 heterocycles. The molecular weight excluding hydrogens is 290 g/mol. The Labute approximate surface area is 135 Å². The lowest BCUT2D eigenvalue weighted by atomic mass is 10.1. The number of hydrogen-bond acceptors (Lipinski definition) is 4. The fourth-order valence-corrected chi connectivity index (χ4v) is 2.53. The highest BCUT2D eigenvalue weighted by Crippen LogP contribution is 2.28. The number of nitrogen functional groups attached to an aromatic ring is 1. The number of rotatable bonds is 5. The van der Waals surface area contributed by atoms with Gasteiger partial charge in [-0.25, -0.2) is 4.68 Å². The Balaban J connectivity index is 1.94. The number of ether oxygens (including phenoxy) is 2. The molecule has 0 aliphatic carbocycles. The highest BCUT2D eigenvalue weighted by molar-refractivity contribution is 5.51. The summed E-state index contributed by atoms with van der Waals surface area (Å²) >= 11 is 0. The number of nitrogens with zero attached hydrogens (tertiary/aromatic N) is 2. The molecule has 0 fully saturated rings. The number of hydrogen-bond donors (Lipinski definition) is 1. The summed E-state index contributed by atoms with van der Waals surface area (Å²) in [5.41, 5.74) is 9.16. The quantitative estimate of drug-likeness (QED) is 0.787. The van der Waals surface area contributed by atoms with Crippen LogP contribution in [0, 0.1) is 0 Å². The first-order valence-corrected chi connectivity index (χ1v) is 7.31. The third-order valence-electron chi connectivity index (χ3n) is 3.76. The smallest absolute Gasteiger partial charge is 0.130 e. The van der Waals surface area contributed by atoms with Crippen LogP contribution in [0.5, 0.6) is 11.5 Å². The van der Waals surface area contributed by atoms with E-state index in [9.17, 15) is 0 Å². The van der Waals surface area contributed by atoms with E-state index >= 15 is 0 Å². The first-order valence-electron chi connectivity index (χ1n) is 7.31. The van der Waals surface area contributed by atoms with Crippen molar-refractivity contribution in [3.8, 4) is 17.2 Å². The van der Waals surface area contributed by atoms with Crippen molar-refractivity contribution < 1.29 is 9.47 Å². The Morgan fingerprint density at radius 3 is 2.48 bits per heavy atom. The second-order valence-electron chi connectivity index (χ2n) is 5.16. The molecule has 2 aromatic carbocycles. The standard InChI is InChI=1S/C18H19N3O2/c1-22-16-8-9-17(23-2)13(11-16)10-14-12-20-21(18(14)19)15-6-4-3-5-7-15/h3-9,11-12H,10,19H2,1-2H3. The van der Waals surface area contributed by atoms with Gasteiger partial charge < -0.3 is 15.2 Å². The summed E-state index contributed by atoms with van der Waals surface area (Å²) < 4.78 is 12.5. The van der Waals surface area contributed by atoms with Crippen LogP contribution in [0.1, 0.15) is 11.1 Å². The Morgan fingerprint density at radius 1 is 1.00 bits per heavy atom. The molecule has 0 radical (unpaired) electrons. The number of para-hydroxylation sites is 1. The maximum atomic E-state index is 6.27. The van der Waals surface area contributed by atoms with Crippen LogP contribution in [0.2, 0.25) is 0 Å². The molecule has 2 N–H and O–H groups in total. The Bertz CT molecular complexity index is 797. The van der Waals surface area contributed by atoms with Gasteiger partial charge in [0.05, 0.1) is 26.1 Å². The number of methoxy groups -OCH3 is 2. The largest absolute Gasteiger partial charge is 0.497 e. The van der Waals surface area contributed by atoms with Crippen LogP contribution < -0.4 is 15.2 Å². The van der Waals surface area contributed by atoms with Crippen LogP contribution in [-0.4, -0.2) is 24.0 Å². The molecule has 23 heavy (non-hydrogen) atoms. The molecular formula is C18H19N3O2. The summed E-state index contributed by atoms with van der Waals surface area (Å²) in [5, 5.41) is 4.40. The van der Waals surface area contributed by atoms with Gasteiger partial charge >= 0.3 is 0 Å². The third-order valence-corrected chi connectivity index (χ3v) is 3.76. The molecule has 3 rings (SSSR count). The Kier molecular flexibility index (Phi) is 4.19. The zero-order chi connectivity index (χ0) is 16.2. The molecule has 5 heteroatoms. The molecule has 1 aromatic heterocycles. The van der Waals surface area contributed by atoms with Gasteiger partial charge in [-0.3, -0.25) is 0 Å². The van der Waals surface area contributed by atoms with E-state index in [-0.39, 0.29) is 0 Å². The molecule has 0 aliphatic rings. The normalized spacial score (nSPS) is 10.5. The maximum absolute atomic E-state index is 6.27. The van der Waals surface area contributed by atoms with E-state index in [2.05, 4.69) is 5.10 Å². The zero-order valence-electron chi connectivity index (χ0n) is 13.2. The van der Waals surface area contributed by atoms with Gasteiger partial charge in [0, 0.05) is 17.5 Å². The summed E-state index contributed by atoms with van der Waals surface area (Å²) in [6.07, 6.45) is 2.42. The molecule has 3 aromatic rings. The van der Waals surface area contributed by atoms with Crippen LogP contribution in [0.25, 0.3) is 5.69 Å². The summed E-state index contributed by atoms with van der Waals surface area (Å²) in [6, 6.07) is 15.6. The minimum atomic E-state index is 0.624. The first-order chi connectivity index (χ1) is 11.2. The average molecular weight is 309 g/mol. The summed E-state index contributed by atoms with van der Waals surface area (Å²) in [5.74, 6) is 2.22. The van der Waals surface area contributed by atoms with Crippen LogP contribution in [0.15, 0.2) is 54.7 Å². The van der Waals surface area contributed by atoms with E-state index in [4.69, 9.17) is 15.2 Å². The van der Waals surface area contributed by atoms with E-state index in [0.717, 1.165) is 28.3 Å². The first kappa shape index (κ1) is 15.0. The minimum absolute atomic E-state index is 0.624. The monoisotopic (exact) mass is 309 g/mol. The summed E-state index contributed by atoms with van der Waals surface area (Å²) in [4.78, 5) is 0.